The maximum Gasteiger partial charge on any atom is 0.329 e. The number of amides is 2. The molecule has 168 valence electrons. The smallest absolute Gasteiger partial charge is 0.329 e. The molecule has 0 bridgehead atoms. The normalized spacial score (nSPS) is 20.4. The minimum absolute atomic E-state index is 0.0249. The van der Waals surface area contributed by atoms with Crippen molar-refractivity contribution in [2.75, 3.05) is 13.1 Å². The molecule has 0 aromatic carbocycles. The fourth-order valence-electron chi connectivity index (χ4n) is 3.84. The van der Waals surface area contributed by atoms with E-state index in [9.17, 15) is 24.6 Å². The molecule has 0 radical (unpaired) electrons. The number of nitrogens with zero attached hydrogens (tertiary/aromatic N) is 2. The van der Waals surface area contributed by atoms with Gasteiger partial charge in [0.25, 0.3) is 0 Å². The number of aliphatic carboxylic acids is 2. The number of carbonyl (C=O) groups excluding carboxylic acids is 1. The van der Waals surface area contributed by atoms with E-state index in [0.29, 0.717) is 19.3 Å². The van der Waals surface area contributed by atoms with E-state index in [0.717, 1.165) is 37.0 Å². The van der Waals surface area contributed by atoms with Crippen LogP contribution in [-0.4, -0.2) is 78.5 Å². The molecule has 10 nitrogen and oxygen atoms in total. The molecule has 1 unspecified atom stereocenters. The lowest BCUT2D eigenvalue weighted by molar-refractivity contribution is -0.137. The Bertz CT molecular complexity index is 706. The van der Waals surface area contributed by atoms with Gasteiger partial charge in [0.2, 0.25) is 5.88 Å². The molecule has 1 aliphatic carbocycles. The standard InChI is InChI=1S/C19H29N3O7S/c23-13(24)9-5-2-6-10-21-17(27)15(16(30)20-11-14(25)26)18(28)22(19(21)29)12-7-3-1-4-8-12/h12,18,27-28H,1-11H2,(H,20,30)(H,23,24)(H,25,26). The second-order valence-electron chi connectivity index (χ2n) is 7.53. The first-order valence-electron chi connectivity index (χ1n) is 10.2. The zero-order valence-electron chi connectivity index (χ0n) is 16.7. The molecule has 1 aliphatic heterocycles. The van der Waals surface area contributed by atoms with Crippen LogP contribution in [-0.2, 0) is 9.59 Å². The Kier molecular flexibility index (Phi) is 8.85. The lowest BCUT2D eigenvalue weighted by Gasteiger charge is -2.44. The third-order valence-corrected chi connectivity index (χ3v) is 5.72. The quantitative estimate of drug-likeness (QED) is 0.251. The summed E-state index contributed by atoms with van der Waals surface area (Å²) < 4.78 is 0. The van der Waals surface area contributed by atoms with Crippen molar-refractivity contribution < 1.29 is 34.8 Å². The highest BCUT2D eigenvalue weighted by molar-refractivity contribution is 7.80. The van der Waals surface area contributed by atoms with Gasteiger partial charge in [-0.15, -0.1) is 0 Å². The van der Waals surface area contributed by atoms with Crippen LogP contribution < -0.4 is 5.32 Å². The Hall–Kier alpha value is -2.40. The molecule has 5 N–H and O–H groups in total. The van der Waals surface area contributed by atoms with E-state index in [1.165, 1.54) is 4.90 Å². The van der Waals surface area contributed by atoms with Crippen molar-refractivity contribution in [3.8, 4) is 0 Å². The number of nitrogens with one attached hydrogen (secondary N) is 1. The predicted molar refractivity (Wildman–Crippen MR) is 111 cm³/mol. The first-order chi connectivity index (χ1) is 14.2. The van der Waals surface area contributed by atoms with Gasteiger partial charge in [-0.1, -0.05) is 37.9 Å². The molecule has 1 fully saturated rings. The average molecular weight is 444 g/mol. The molecule has 0 aromatic rings. The number of hydrogen-bond acceptors (Lipinski definition) is 6. The molecule has 1 saturated carbocycles. The number of carboxylic acid groups (broad SMARTS) is 2. The predicted octanol–water partition coefficient (Wildman–Crippen LogP) is 1.79. The summed E-state index contributed by atoms with van der Waals surface area (Å²) in [5.41, 5.74) is -0.0954. The lowest BCUT2D eigenvalue weighted by atomic mass is 9.93. The van der Waals surface area contributed by atoms with E-state index in [2.05, 4.69) is 5.32 Å². The molecule has 0 spiro atoms. The van der Waals surface area contributed by atoms with Crippen LogP contribution in [0.1, 0.15) is 57.8 Å². The largest absolute Gasteiger partial charge is 0.494 e. The van der Waals surface area contributed by atoms with Gasteiger partial charge < -0.3 is 25.7 Å². The summed E-state index contributed by atoms with van der Waals surface area (Å²) in [6, 6.07) is -0.740. The number of aliphatic hydroxyl groups is 2. The van der Waals surface area contributed by atoms with Crippen LogP contribution in [0.25, 0.3) is 0 Å². The molecule has 1 atom stereocenters. The van der Waals surface area contributed by atoms with Crippen LogP contribution >= 0.6 is 12.2 Å². The summed E-state index contributed by atoms with van der Waals surface area (Å²) in [4.78, 5) is 36.9. The second kappa shape index (κ2) is 11.1. The topological polar surface area (TPSA) is 151 Å². The maximum atomic E-state index is 13.1. The Labute approximate surface area is 180 Å². The summed E-state index contributed by atoms with van der Waals surface area (Å²) >= 11 is 5.19. The summed E-state index contributed by atoms with van der Waals surface area (Å²) in [5.74, 6) is -2.55. The van der Waals surface area contributed by atoms with Gasteiger partial charge in [-0.3, -0.25) is 19.4 Å². The van der Waals surface area contributed by atoms with Crippen LogP contribution in [0.15, 0.2) is 11.5 Å². The Morgan fingerprint density at radius 1 is 1.07 bits per heavy atom. The number of thiocarbonyl (C=S) groups is 1. The third-order valence-electron chi connectivity index (χ3n) is 5.36. The molecular weight excluding hydrogens is 414 g/mol. The molecule has 11 heteroatoms. The van der Waals surface area contributed by atoms with E-state index in [1.54, 1.807) is 0 Å². The van der Waals surface area contributed by atoms with Gasteiger partial charge in [0.1, 0.15) is 11.5 Å². The number of hydrogen-bond donors (Lipinski definition) is 5. The van der Waals surface area contributed by atoms with Crippen molar-refractivity contribution in [2.24, 2.45) is 0 Å². The molecule has 1 heterocycles. The van der Waals surface area contributed by atoms with Crippen LogP contribution in [0, 0.1) is 0 Å². The fraction of sp³-hybridized carbons (Fsp3) is 0.684. The average Bonchev–Trinajstić information content (AvgIpc) is 2.69. The monoisotopic (exact) mass is 443 g/mol. The number of unbranched alkanes of at least 4 members (excludes halogenated alkanes) is 2. The van der Waals surface area contributed by atoms with Crippen molar-refractivity contribution in [2.45, 2.75) is 70.1 Å². The first-order valence-corrected chi connectivity index (χ1v) is 10.6. The zero-order valence-corrected chi connectivity index (χ0v) is 17.6. The molecule has 2 amide bonds. The van der Waals surface area contributed by atoms with Gasteiger partial charge in [0.15, 0.2) is 6.23 Å². The molecule has 0 aromatic heterocycles. The number of rotatable bonds is 10. The van der Waals surface area contributed by atoms with Crippen LogP contribution in [0.2, 0.25) is 0 Å². The summed E-state index contributed by atoms with van der Waals surface area (Å²) in [7, 11) is 0. The second-order valence-corrected chi connectivity index (χ2v) is 7.93. The Morgan fingerprint density at radius 3 is 2.33 bits per heavy atom. The van der Waals surface area contributed by atoms with Gasteiger partial charge in [-0.05, 0) is 25.7 Å². The minimum atomic E-state index is -1.47. The van der Waals surface area contributed by atoms with Crippen molar-refractivity contribution in [1.82, 2.24) is 15.1 Å². The number of carboxylic acids is 2. The zero-order chi connectivity index (χ0) is 22.3. The summed E-state index contributed by atoms with van der Waals surface area (Å²) in [5, 5.41) is 41.6. The van der Waals surface area contributed by atoms with Crippen LogP contribution in [0.3, 0.4) is 0 Å². The van der Waals surface area contributed by atoms with Crippen molar-refractivity contribution in [1.29, 1.82) is 0 Å². The molecule has 2 aliphatic rings. The SMILES string of the molecule is O=C(O)CCCCCN1C(=O)N(C2CCCCC2)C(O)C(C(=S)NCC(=O)O)=C1O. The number of aliphatic hydroxyl groups excluding tert-OH is 2. The van der Waals surface area contributed by atoms with E-state index in [-0.39, 0.29) is 29.6 Å². The van der Waals surface area contributed by atoms with Gasteiger partial charge in [-0.25, -0.2) is 4.79 Å². The number of carbonyl (C=O) groups is 3. The minimum Gasteiger partial charge on any atom is -0.494 e. The van der Waals surface area contributed by atoms with E-state index in [1.807, 2.05) is 0 Å². The van der Waals surface area contributed by atoms with E-state index < -0.39 is 36.6 Å². The highest BCUT2D eigenvalue weighted by Crippen LogP contribution is 2.32. The summed E-state index contributed by atoms with van der Waals surface area (Å²) in [6.07, 6.45) is 4.34. The molecule has 30 heavy (non-hydrogen) atoms. The third kappa shape index (κ3) is 6.05. The van der Waals surface area contributed by atoms with Gasteiger partial charge in [0, 0.05) is 19.0 Å². The summed E-state index contributed by atoms with van der Waals surface area (Å²) in [6.45, 7) is -0.361. The molecule has 0 saturated heterocycles. The highest BCUT2D eigenvalue weighted by Gasteiger charge is 2.43. The van der Waals surface area contributed by atoms with Crippen molar-refractivity contribution in [3.05, 3.63) is 11.5 Å². The fourth-order valence-corrected chi connectivity index (χ4v) is 4.11. The Morgan fingerprint density at radius 2 is 1.73 bits per heavy atom. The first kappa shape index (κ1) is 23.9. The number of urea groups is 1. The molecule has 2 rings (SSSR count). The Balaban J connectivity index is 2.22. The van der Waals surface area contributed by atoms with Crippen molar-refractivity contribution in [3.63, 3.8) is 0 Å². The molecular formula is C19H29N3O7S. The van der Waals surface area contributed by atoms with Gasteiger partial charge in [-0.2, -0.15) is 0 Å². The van der Waals surface area contributed by atoms with Crippen LogP contribution in [0.5, 0.6) is 0 Å². The van der Waals surface area contributed by atoms with Gasteiger partial charge >= 0.3 is 18.0 Å². The van der Waals surface area contributed by atoms with E-state index in [4.69, 9.17) is 22.4 Å². The van der Waals surface area contributed by atoms with Crippen molar-refractivity contribution >= 4 is 35.2 Å². The van der Waals surface area contributed by atoms with E-state index >= 15 is 0 Å². The lowest BCUT2D eigenvalue weighted by Crippen LogP contribution is -2.59. The maximum absolute atomic E-state index is 13.1. The van der Waals surface area contributed by atoms with Crippen LogP contribution in [0.4, 0.5) is 4.79 Å². The highest BCUT2D eigenvalue weighted by atomic mass is 32.1. The van der Waals surface area contributed by atoms with Gasteiger partial charge in [0.05, 0.1) is 5.57 Å².